The van der Waals surface area contributed by atoms with Crippen molar-refractivity contribution in [2.45, 2.75) is 89.4 Å². The normalized spacial score (nSPS) is 20.3. The maximum absolute atomic E-state index is 12.4. The molecule has 3 atom stereocenters. The van der Waals surface area contributed by atoms with Crippen LogP contribution in [0.4, 0.5) is 0 Å². The molecule has 0 bridgehead atoms. The summed E-state index contributed by atoms with van der Waals surface area (Å²) < 4.78 is 13.2. The molecule has 2 fully saturated rings. The number of hydrogen-bond donors (Lipinski definition) is 4. The summed E-state index contributed by atoms with van der Waals surface area (Å²) in [5.74, 6) is -0.426. The van der Waals surface area contributed by atoms with Crippen LogP contribution in [0.25, 0.3) is 11.1 Å². The molecule has 0 aliphatic carbocycles. The largest absolute Gasteiger partial charge is 0.392 e. The number of aliphatic hydroxyl groups is 1. The fourth-order valence-corrected chi connectivity index (χ4v) is 6.28. The van der Waals surface area contributed by atoms with Gasteiger partial charge in [-0.25, -0.2) is 5.48 Å². The van der Waals surface area contributed by atoms with E-state index >= 15 is 0 Å². The van der Waals surface area contributed by atoms with Gasteiger partial charge in [-0.2, -0.15) is 0 Å². The van der Waals surface area contributed by atoms with E-state index < -0.39 is 12.2 Å². The third kappa shape index (κ3) is 9.95. The number of aliphatic hydroxyl groups excluding tert-OH is 1. The highest BCUT2D eigenvalue weighted by Gasteiger charge is 2.33. The van der Waals surface area contributed by atoms with Crippen LogP contribution in [-0.2, 0) is 32.2 Å². The van der Waals surface area contributed by atoms with Crippen LogP contribution in [0.5, 0.6) is 0 Å². The third-order valence-electron chi connectivity index (χ3n) is 8.87. The standard InChI is InChI=1S/C37H47N3O6/c41-26-27-15-17-29(18-16-27)34-23-33(25-40-19-5-2-6-20-40)45-37(46-34)32-12-8-11-31(22-32)30-10-7-9-28(21-30)24-38-35(42)13-3-1-4-14-36(43)39-44/h7-12,15-18,21-22,33-34,37,41,44H,1-6,13-14,19-20,23-26H2,(H,38,42)(H,39,43). The quantitative estimate of drug-likeness (QED) is 0.0989. The number of hydrogen-bond acceptors (Lipinski definition) is 7. The van der Waals surface area contributed by atoms with Gasteiger partial charge in [-0.1, -0.05) is 73.5 Å². The van der Waals surface area contributed by atoms with Crippen LogP contribution in [-0.4, -0.2) is 52.8 Å². The zero-order chi connectivity index (χ0) is 32.1. The zero-order valence-corrected chi connectivity index (χ0v) is 26.5. The monoisotopic (exact) mass is 629 g/mol. The highest BCUT2D eigenvalue weighted by Crippen LogP contribution is 2.39. The van der Waals surface area contributed by atoms with Crippen molar-refractivity contribution in [3.8, 4) is 11.1 Å². The van der Waals surface area contributed by atoms with Crippen LogP contribution in [0.15, 0.2) is 72.8 Å². The molecule has 2 amide bonds. The minimum absolute atomic E-state index is 0.0184. The van der Waals surface area contributed by atoms with Crippen LogP contribution in [0.2, 0.25) is 0 Å². The van der Waals surface area contributed by atoms with Crippen molar-refractivity contribution < 1.29 is 29.4 Å². The molecule has 0 saturated carbocycles. The van der Waals surface area contributed by atoms with Crippen LogP contribution in [0, 0.1) is 0 Å². The van der Waals surface area contributed by atoms with E-state index in [9.17, 15) is 14.7 Å². The van der Waals surface area contributed by atoms with Crippen LogP contribution in [0.3, 0.4) is 0 Å². The van der Waals surface area contributed by atoms with Crippen molar-refractivity contribution in [3.05, 3.63) is 95.1 Å². The Morgan fingerprint density at radius 2 is 1.50 bits per heavy atom. The van der Waals surface area contributed by atoms with E-state index in [0.29, 0.717) is 25.8 Å². The molecule has 3 unspecified atom stereocenters. The summed E-state index contributed by atoms with van der Waals surface area (Å²) in [6, 6.07) is 24.5. The SMILES string of the molecule is O=C(CCCCCC(=O)NCc1cccc(-c2cccc(C3OC(CN4CCCCC4)CC(c4ccc(CO)cc4)O3)c2)c1)NO. The fraction of sp³-hybridized carbons (Fsp3) is 0.459. The Hall–Kier alpha value is -3.60. The smallest absolute Gasteiger partial charge is 0.243 e. The molecule has 2 aliphatic heterocycles. The lowest BCUT2D eigenvalue weighted by molar-refractivity contribution is -0.253. The minimum atomic E-state index is -0.508. The second kappa shape index (κ2) is 17.4. The Morgan fingerprint density at radius 3 is 2.24 bits per heavy atom. The molecule has 9 heteroatoms. The lowest BCUT2D eigenvalue weighted by Gasteiger charge is -2.39. The number of carbonyl (C=O) groups excluding carboxylic acids is 2. The van der Waals surface area contributed by atoms with Gasteiger partial charge >= 0.3 is 0 Å². The number of likely N-dealkylation sites (tertiary alicyclic amines) is 1. The summed E-state index contributed by atoms with van der Waals surface area (Å²) in [5, 5.41) is 21.1. The third-order valence-corrected chi connectivity index (χ3v) is 8.87. The van der Waals surface area contributed by atoms with E-state index in [1.807, 2.05) is 30.3 Å². The highest BCUT2D eigenvalue weighted by molar-refractivity contribution is 5.76. The predicted octanol–water partition coefficient (Wildman–Crippen LogP) is 5.95. The lowest BCUT2D eigenvalue weighted by Crippen LogP contribution is -2.41. The van der Waals surface area contributed by atoms with Gasteiger partial charge < -0.3 is 24.8 Å². The maximum atomic E-state index is 12.4. The average Bonchev–Trinajstić information content (AvgIpc) is 3.11. The second-order valence-electron chi connectivity index (χ2n) is 12.4. The van der Waals surface area contributed by atoms with Gasteiger partial charge in [0, 0.05) is 37.9 Å². The van der Waals surface area contributed by atoms with Crippen molar-refractivity contribution in [2.24, 2.45) is 0 Å². The summed E-state index contributed by atoms with van der Waals surface area (Å²) in [6.45, 7) is 3.56. The Morgan fingerprint density at radius 1 is 0.783 bits per heavy atom. The molecule has 2 heterocycles. The van der Waals surface area contributed by atoms with Crippen molar-refractivity contribution in [2.75, 3.05) is 19.6 Å². The number of amides is 2. The summed E-state index contributed by atoms with van der Waals surface area (Å²) in [5.41, 5.74) is 7.67. The molecule has 5 rings (SSSR count). The average molecular weight is 630 g/mol. The first-order chi connectivity index (χ1) is 22.5. The molecule has 3 aromatic carbocycles. The van der Waals surface area contributed by atoms with Crippen molar-refractivity contribution in [1.82, 2.24) is 15.7 Å². The number of carbonyl (C=O) groups is 2. The Balaban J connectivity index is 1.23. The number of unbranched alkanes of at least 4 members (excludes halogenated alkanes) is 2. The Kier molecular flexibility index (Phi) is 12.7. The summed E-state index contributed by atoms with van der Waals surface area (Å²) in [4.78, 5) is 26.0. The van der Waals surface area contributed by atoms with Gasteiger partial charge in [-0.05, 0) is 78.7 Å². The van der Waals surface area contributed by atoms with Gasteiger partial charge in [0.25, 0.3) is 0 Å². The molecular formula is C37H47N3O6. The van der Waals surface area contributed by atoms with Gasteiger partial charge in [0.2, 0.25) is 11.8 Å². The predicted molar refractivity (Wildman–Crippen MR) is 175 cm³/mol. The van der Waals surface area contributed by atoms with Gasteiger partial charge in [-0.3, -0.25) is 14.8 Å². The maximum Gasteiger partial charge on any atom is 0.243 e. The van der Waals surface area contributed by atoms with Gasteiger partial charge in [0.1, 0.15) is 0 Å². The number of benzene rings is 3. The van der Waals surface area contributed by atoms with Crippen molar-refractivity contribution >= 4 is 11.8 Å². The fourth-order valence-electron chi connectivity index (χ4n) is 6.28. The molecule has 2 saturated heterocycles. The Bertz CT molecular complexity index is 1410. The van der Waals surface area contributed by atoms with Crippen LogP contribution in [0.1, 0.15) is 92.4 Å². The first kappa shape index (κ1) is 33.8. The minimum Gasteiger partial charge on any atom is -0.392 e. The van der Waals surface area contributed by atoms with Gasteiger partial charge in [0.15, 0.2) is 6.29 Å². The first-order valence-corrected chi connectivity index (χ1v) is 16.6. The highest BCUT2D eigenvalue weighted by atomic mass is 16.7. The number of ether oxygens (including phenoxy) is 2. The summed E-state index contributed by atoms with van der Waals surface area (Å²) in [6.07, 6.45) is 6.68. The Labute approximate surface area is 271 Å². The molecule has 3 aromatic rings. The van der Waals surface area contributed by atoms with Crippen LogP contribution >= 0.6 is 0 Å². The number of nitrogens with one attached hydrogen (secondary N) is 2. The van der Waals surface area contributed by atoms with E-state index in [-0.39, 0.29) is 31.1 Å². The van der Waals surface area contributed by atoms with Crippen LogP contribution < -0.4 is 10.8 Å². The molecule has 0 aromatic heterocycles. The number of piperidine rings is 1. The van der Waals surface area contributed by atoms with Gasteiger partial charge in [0.05, 0.1) is 18.8 Å². The van der Waals surface area contributed by atoms with Gasteiger partial charge in [-0.15, -0.1) is 0 Å². The van der Waals surface area contributed by atoms with E-state index in [4.69, 9.17) is 14.7 Å². The van der Waals surface area contributed by atoms with Crippen molar-refractivity contribution in [1.29, 1.82) is 0 Å². The van der Waals surface area contributed by atoms with E-state index in [1.54, 1.807) is 5.48 Å². The first-order valence-electron chi connectivity index (χ1n) is 16.6. The molecular weight excluding hydrogens is 582 g/mol. The molecule has 0 radical (unpaired) electrons. The molecule has 246 valence electrons. The second-order valence-corrected chi connectivity index (χ2v) is 12.4. The zero-order valence-electron chi connectivity index (χ0n) is 26.5. The van der Waals surface area contributed by atoms with E-state index in [0.717, 1.165) is 65.9 Å². The summed E-state index contributed by atoms with van der Waals surface area (Å²) in [7, 11) is 0. The molecule has 2 aliphatic rings. The summed E-state index contributed by atoms with van der Waals surface area (Å²) >= 11 is 0. The number of hydroxylamine groups is 1. The lowest BCUT2D eigenvalue weighted by atomic mass is 9.98. The molecule has 4 N–H and O–H groups in total. The number of nitrogens with zero attached hydrogens (tertiary/aromatic N) is 1. The topological polar surface area (TPSA) is 120 Å². The van der Waals surface area contributed by atoms with E-state index in [1.165, 1.54) is 19.3 Å². The molecule has 46 heavy (non-hydrogen) atoms. The molecule has 9 nitrogen and oxygen atoms in total. The molecule has 0 spiro atoms. The number of rotatable bonds is 14. The van der Waals surface area contributed by atoms with E-state index in [2.05, 4.69) is 52.7 Å². The van der Waals surface area contributed by atoms with Crippen molar-refractivity contribution in [3.63, 3.8) is 0 Å².